The zero-order chi connectivity index (χ0) is 18.0. The van der Waals surface area contributed by atoms with Crippen molar-refractivity contribution in [1.29, 1.82) is 0 Å². The molecule has 6 nitrogen and oxygen atoms in total. The van der Waals surface area contributed by atoms with E-state index in [9.17, 15) is 13.2 Å². The van der Waals surface area contributed by atoms with Crippen molar-refractivity contribution in [2.24, 2.45) is 5.92 Å². The highest BCUT2D eigenvalue weighted by Gasteiger charge is 2.35. The standard InChI is InChI=1S/C18H26N2O4S/c1-13-8-9-16-15(10-13)20(25(2,22)23)12-17(24-16)18(21)19-11-14-6-4-3-5-7-14/h8-10,14,17H,3-7,11-12H2,1-2H3,(H,19,21). The van der Waals surface area contributed by atoms with Gasteiger partial charge >= 0.3 is 0 Å². The van der Waals surface area contributed by atoms with Gasteiger partial charge in [-0.2, -0.15) is 0 Å². The Morgan fingerprint density at radius 3 is 2.68 bits per heavy atom. The molecule has 0 spiro atoms. The predicted octanol–water partition coefficient (Wildman–Crippen LogP) is 2.22. The predicted molar refractivity (Wildman–Crippen MR) is 97.4 cm³/mol. The van der Waals surface area contributed by atoms with Crippen molar-refractivity contribution < 1.29 is 17.9 Å². The van der Waals surface area contributed by atoms with Gasteiger partial charge in [-0.25, -0.2) is 8.42 Å². The third kappa shape index (κ3) is 4.26. The van der Waals surface area contributed by atoms with E-state index in [1.54, 1.807) is 12.1 Å². The molecule has 1 fully saturated rings. The maximum Gasteiger partial charge on any atom is 0.263 e. The summed E-state index contributed by atoms with van der Waals surface area (Å²) < 4.78 is 31.4. The van der Waals surface area contributed by atoms with Crippen molar-refractivity contribution in [2.45, 2.75) is 45.1 Å². The summed E-state index contributed by atoms with van der Waals surface area (Å²) in [6, 6.07) is 5.34. The molecule has 1 N–H and O–H groups in total. The van der Waals surface area contributed by atoms with Crippen LogP contribution in [-0.2, 0) is 14.8 Å². The van der Waals surface area contributed by atoms with Crippen LogP contribution in [0.2, 0.25) is 0 Å². The summed E-state index contributed by atoms with van der Waals surface area (Å²) >= 11 is 0. The van der Waals surface area contributed by atoms with E-state index in [1.165, 1.54) is 23.6 Å². The third-order valence-electron chi connectivity index (χ3n) is 4.97. The van der Waals surface area contributed by atoms with Crippen molar-refractivity contribution in [3.05, 3.63) is 23.8 Å². The van der Waals surface area contributed by atoms with Crippen LogP contribution in [0, 0.1) is 12.8 Å². The molecule has 2 aliphatic rings. The molecule has 1 aromatic rings. The summed E-state index contributed by atoms with van der Waals surface area (Å²) in [5.74, 6) is 0.702. The minimum atomic E-state index is -3.48. The number of carbonyl (C=O) groups is 1. The Morgan fingerprint density at radius 2 is 2.00 bits per heavy atom. The Morgan fingerprint density at radius 1 is 1.28 bits per heavy atom. The fourth-order valence-electron chi connectivity index (χ4n) is 3.56. The van der Waals surface area contributed by atoms with Crippen LogP contribution in [0.4, 0.5) is 5.69 Å². The first-order valence-corrected chi connectivity index (χ1v) is 10.7. The van der Waals surface area contributed by atoms with Crippen molar-refractivity contribution in [1.82, 2.24) is 5.32 Å². The highest BCUT2D eigenvalue weighted by molar-refractivity contribution is 7.92. The van der Waals surface area contributed by atoms with E-state index in [4.69, 9.17) is 4.74 Å². The maximum absolute atomic E-state index is 12.5. The molecule has 1 unspecified atom stereocenters. The molecule has 0 radical (unpaired) electrons. The number of fused-ring (bicyclic) bond motifs is 1. The van der Waals surface area contributed by atoms with Gasteiger partial charge in [0.15, 0.2) is 6.10 Å². The summed E-state index contributed by atoms with van der Waals surface area (Å²) in [4.78, 5) is 12.5. The van der Waals surface area contributed by atoms with Gasteiger partial charge in [-0.15, -0.1) is 0 Å². The first kappa shape index (κ1) is 18.0. The number of nitrogens with one attached hydrogen (secondary N) is 1. The van der Waals surface area contributed by atoms with E-state index in [0.717, 1.165) is 24.7 Å². The first-order chi connectivity index (χ1) is 11.8. The summed E-state index contributed by atoms with van der Waals surface area (Å²) in [5, 5.41) is 2.95. The second-order valence-electron chi connectivity index (χ2n) is 7.12. The van der Waals surface area contributed by atoms with Gasteiger partial charge in [0.2, 0.25) is 10.0 Å². The van der Waals surface area contributed by atoms with Gasteiger partial charge in [0.05, 0.1) is 18.5 Å². The summed E-state index contributed by atoms with van der Waals surface area (Å²) in [5.41, 5.74) is 1.44. The Kier molecular flexibility index (Phi) is 5.22. The third-order valence-corrected chi connectivity index (χ3v) is 6.11. The Hall–Kier alpha value is -1.76. The molecule has 25 heavy (non-hydrogen) atoms. The largest absolute Gasteiger partial charge is 0.476 e. The molecule has 3 rings (SSSR count). The quantitative estimate of drug-likeness (QED) is 0.886. The summed E-state index contributed by atoms with van der Waals surface area (Å²) in [7, 11) is -3.48. The number of anilines is 1. The average molecular weight is 366 g/mol. The smallest absolute Gasteiger partial charge is 0.263 e. The average Bonchev–Trinajstić information content (AvgIpc) is 2.58. The lowest BCUT2D eigenvalue weighted by molar-refractivity contribution is -0.128. The summed E-state index contributed by atoms with van der Waals surface area (Å²) in [6.45, 7) is 2.54. The SMILES string of the molecule is Cc1ccc2c(c1)N(S(C)(=O)=O)CC(C(=O)NCC1CCCCC1)O2. The second kappa shape index (κ2) is 7.23. The van der Waals surface area contributed by atoms with E-state index >= 15 is 0 Å². The molecule has 1 aliphatic heterocycles. The van der Waals surface area contributed by atoms with Crippen LogP contribution in [0.5, 0.6) is 5.75 Å². The molecule has 0 aromatic heterocycles. The second-order valence-corrected chi connectivity index (χ2v) is 9.03. The highest BCUT2D eigenvalue weighted by atomic mass is 32.2. The number of aryl methyl sites for hydroxylation is 1. The van der Waals surface area contributed by atoms with Crippen LogP contribution in [0.1, 0.15) is 37.7 Å². The molecular weight excluding hydrogens is 340 g/mol. The molecule has 1 atom stereocenters. The maximum atomic E-state index is 12.5. The molecule has 1 aliphatic carbocycles. The van der Waals surface area contributed by atoms with E-state index in [2.05, 4.69) is 5.32 Å². The van der Waals surface area contributed by atoms with Gasteiger partial charge in [-0.05, 0) is 43.4 Å². The van der Waals surface area contributed by atoms with Gasteiger partial charge in [0.25, 0.3) is 5.91 Å². The minimum absolute atomic E-state index is 0.00574. The molecular formula is C18H26N2O4S. The van der Waals surface area contributed by atoms with E-state index in [-0.39, 0.29) is 12.5 Å². The molecule has 1 saturated carbocycles. The topological polar surface area (TPSA) is 75.7 Å². The zero-order valence-corrected chi connectivity index (χ0v) is 15.6. The minimum Gasteiger partial charge on any atom is -0.476 e. The van der Waals surface area contributed by atoms with Crippen molar-refractivity contribution in [3.8, 4) is 5.75 Å². The fourth-order valence-corrected chi connectivity index (χ4v) is 4.47. The molecule has 138 valence electrons. The molecule has 1 heterocycles. The van der Waals surface area contributed by atoms with E-state index in [0.29, 0.717) is 23.9 Å². The van der Waals surface area contributed by atoms with E-state index < -0.39 is 16.1 Å². The number of carbonyl (C=O) groups excluding carboxylic acids is 1. The highest BCUT2D eigenvalue weighted by Crippen LogP contribution is 2.35. The molecule has 7 heteroatoms. The van der Waals surface area contributed by atoms with Crippen molar-refractivity contribution in [2.75, 3.05) is 23.7 Å². The lowest BCUT2D eigenvalue weighted by Crippen LogP contribution is -2.51. The van der Waals surface area contributed by atoms with Gasteiger partial charge in [0.1, 0.15) is 5.75 Å². The number of hydrogen-bond donors (Lipinski definition) is 1. The van der Waals surface area contributed by atoms with Crippen LogP contribution >= 0.6 is 0 Å². The number of sulfonamides is 1. The number of hydrogen-bond acceptors (Lipinski definition) is 4. The van der Waals surface area contributed by atoms with Crippen LogP contribution in [0.3, 0.4) is 0 Å². The lowest BCUT2D eigenvalue weighted by Gasteiger charge is -2.34. The molecule has 0 bridgehead atoms. The molecule has 1 aromatic carbocycles. The van der Waals surface area contributed by atoms with Crippen LogP contribution in [-0.4, -0.2) is 39.8 Å². The normalized spacial score (nSPS) is 21.4. The number of amides is 1. The van der Waals surface area contributed by atoms with Crippen LogP contribution < -0.4 is 14.4 Å². The van der Waals surface area contributed by atoms with Gasteiger partial charge in [-0.3, -0.25) is 9.10 Å². The number of nitrogens with zero attached hydrogens (tertiary/aromatic N) is 1. The van der Waals surface area contributed by atoms with Crippen molar-refractivity contribution in [3.63, 3.8) is 0 Å². The number of rotatable bonds is 4. The van der Waals surface area contributed by atoms with Crippen LogP contribution in [0.25, 0.3) is 0 Å². The van der Waals surface area contributed by atoms with Crippen LogP contribution in [0.15, 0.2) is 18.2 Å². The van der Waals surface area contributed by atoms with Gasteiger partial charge in [-0.1, -0.05) is 25.3 Å². The molecule has 1 amide bonds. The Labute approximate surface area is 149 Å². The first-order valence-electron chi connectivity index (χ1n) is 8.87. The van der Waals surface area contributed by atoms with Gasteiger partial charge in [0, 0.05) is 6.54 Å². The lowest BCUT2D eigenvalue weighted by atomic mass is 9.89. The number of ether oxygens (including phenoxy) is 1. The summed E-state index contributed by atoms with van der Waals surface area (Å²) in [6.07, 6.45) is 6.32. The van der Waals surface area contributed by atoms with Crippen molar-refractivity contribution >= 4 is 21.6 Å². The van der Waals surface area contributed by atoms with E-state index in [1.807, 2.05) is 13.0 Å². The number of benzene rings is 1. The van der Waals surface area contributed by atoms with Gasteiger partial charge < -0.3 is 10.1 Å². The monoisotopic (exact) mass is 366 g/mol. The molecule has 0 saturated heterocycles. The Bertz CT molecular complexity index is 741. The zero-order valence-electron chi connectivity index (χ0n) is 14.8. The Balaban J connectivity index is 1.72. The fraction of sp³-hybridized carbons (Fsp3) is 0.611.